The monoisotopic (exact) mass is 421 g/mol. The first kappa shape index (κ1) is 19.2. The number of nitrogens with zero attached hydrogens (tertiary/aromatic N) is 2. The minimum absolute atomic E-state index is 0.000825. The lowest BCUT2D eigenvalue weighted by Crippen LogP contribution is -2.43. The van der Waals surface area contributed by atoms with Crippen LogP contribution in [0.25, 0.3) is 26.4 Å². The van der Waals surface area contributed by atoms with Crippen LogP contribution in [0.1, 0.15) is 43.5 Å². The molecule has 6 heteroatoms. The molecule has 1 N–H and O–H groups in total. The summed E-state index contributed by atoms with van der Waals surface area (Å²) in [6.45, 7) is 4.52. The Morgan fingerprint density at radius 1 is 1.17 bits per heavy atom. The number of nitrogens with one attached hydrogen (secondary N) is 1. The fourth-order valence-electron chi connectivity index (χ4n) is 4.44. The maximum Gasteiger partial charge on any atom is 0.251 e. The van der Waals surface area contributed by atoms with Gasteiger partial charge in [-0.05, 0) is 60.7 Å². The van der Waals surface area contributed by atoms with Crippen LogP contribution in [0.3, 0.4) is 0 Å². The molecule has 2 aromatic carbocycles. The van der Waals surface area contributed by atoms with Crippen molar-refractivity contribution >= 4 is 32.4 Å². The maximum atomic E-state index is 13.2. The van der Waals surface area contributed by atoms with Crippen molar-refractivity contribution in [3.05, 3.63) is 60.0 Å². The molecule has 5 rings (SSSR count). The number of thiazole rings is 1. The number of hydrogen-bond acceptors (Lipinski definition) is 3. The Morgan fingerprint density at radius 2 is 1.97 bits per heavy atom. The Bertz CT molecular complexity index is 1230. The van der Waals surface area contributed by atoms with Crippen molar-refractivity contribution in [1.82, 2.24) is 14.7 Å². The standard InChI is InChI=1S/C24H24FN3OS/c1-14-4-3-5-19(15(14)2)26-23(29)17-8-11-21-22(12-17)30-24-27-20(13-28(21)24)16-6-9-18(25)10-7-16/h6-15,19H,3-5H2,1-2H3,(H,26,29). The summed E-state index contributed by atoms with van der Waals surface area (Å²) in [4.78, 5) is 18.4. The third-order valence-electron chi connectivity index (χ3n) is 6.52. The zero-order valence-corrected chi connectivity index (χ0v) is 17.9. The molecule has 30 heavy (non-hydrogen) atoms. The SMILES string of the molecule is CC1CCCC(NC(=O)c2ccc3c(c2)sc2nc(-c4ccc(F)cc4)cn23)C1C. The van der Waals surface area contributed by atoms with Gasteiger partial charge in [0.05, 0.1) is 15.9 Å². The molecule has 0 aliphatic heterocycles. The van der Waals surface area contributed by atoms with E-state index in [0.717, 1.165) is 32.9 Å². The van der Waals surface area contributed by atoms with Gasteiger partial charge in [0, 0.05) is 23.4 Å². The highest BCUT2D eigenvalue weighted by atomic mass is 32.1. The predicted octanol–water partition coefficient (Wildman–Crippen LogP) is 5.91. The summed E-state index contributed by atoms with van der Waals surface area (Å²) in [6, 6.07) is 12.4. The molecule has 4 aromatic rings. The molecule has 0 bridgehead atoms. The summed E-state index contributed by atoms with van der Waals surface area (Å²) in [5.41, 5.74) is 3.40. The molecule has 1 aliphatic carbocycles. The van der Waals surface area contributed by atoms with Crippen molar-refractivity contribution in [3.63, 3.8) is 0 Å². The summed E-state index contributed by atoms with van der Waals surface area (Å²) in [5, 5.41) is 3.26. The van der Waals surface area contributed by atoms with Gasteiger partial charge < -0.3 is 5.32 Å². The van der Waals surface area contributed by atoms with E-state index >= 15 is 0 Å². The number of halogens is 1. The summed E-state index contributed by atoms with van der Waals surface area (Å²) in [6.07, 6.45) is 5.44. The molecule has 3 atom stereocenters. The third-order valence-corrected chi connectivity index (χ3v) is 7.54. The molecule has 3 unspecified atom stereocenters. The highest BCUT2D eigenvalue weighted by Crippen LogP contribution is 2.32. The van der Waals surface area contributed by atoms with Crippen molar-refractivity contribution in [2.45, 2.75) is 39.2 Å². The molecule has 1 aliphatic rings. The quantitative estimate of drug-likeness (QED) is 0.447. The number of hydrogen-bond donors (Lipinski definition) is 1. The number of rotatable bonds is 3. The Balaban J connectivity index is 1.42. The number of benzene rings is 2. The van der Waals surface area contributed by atoms with Crippen LogP contribution in [0.2, 0.25) is 0 Å². The minimum atomic E-state index is -0.256. The van der Waals surface area contributed by atoms with Crippen LogP contribution in [-0.4, -0.2) is 21.3 Å². The first-order valence-corrected chi connectivity index (χ1v) is 11.3. The zero-order chi connectivity index (χ0) is 20.8. The van der Waals surface area contributed by atoms with E-state index in [-0.39, 0.29) is 17.8 Å². The second-order valence-electron chi connectivity index (χ2n) is 8.42. The van der Waals surface area contributed by atoms with Gasteiger partial charge in [-0.15, -0.1) is 0 Å². The van der Waals surface area contributed by atoms with Gasteiger partial charge >= 0.3 is 0 Å². The molecule has 2 heterocycles. The molecule has 4 nitrogen and oxygen atoms in total. The van der Waals surface area contributed by atoms with Gasteiger partial charge in [0.1, 0.15) is 5.82 Å². The predicted molar refractivity (Wildman–Crippen MR) is 119 cm³/mol. The maximum absolute atomic E-state index is 13.2. The van der Waals surface area contributed by atoms with E-state index in [4.69, 9.17) is 4.98 Å². The Labute approximate surface area is 178 Å². The number of imidazole rings is 1. The summed E-state index contributed by atoms with van der Waals surface area (Å²) in [7, 11) is 0. The smallest absolute Gasteiger partial charge is 0.251 e. The van der Waals surface area contributed by atoms with E-state index in [2.05, 4.69) is 19.2 Å². The lowest BCUT2D eigenvalue weighted by molar-refractivity contribution is 0.0891. The van der Waals surface area contributed by atoms with Gasteiger partial charge in [0.15, 0.2) is 4.96 Å². The molecule has 1 amide bonds. The van der Waals surface area contributed by atoms with E-state index in [1.165, 1.54) is 25.0 Å². The number of fused-ring (bicyclic) bond motifs is 3. The van der Waals surface area contributed by atoms with E-state index in [9.17, 15) is 9.18 Å². The molecule has 2 aromatic heterocycles. The van der Waals surface area contributed by atoms with E-state index in [1.54, 1.807) is 23.5 Å². The van der Waals surface area contributed by atoms with Gasteiger partial charge in [0.2, 0.25) is 0 Å². The van der Waals surface area contributed by atoms with Crippen LogP contribution in [0, 0.1) is 17.7 Å². The molecule has 0 saturated heterocycles. The lowest BCUT2D eigenvalue weighted by atomic mass is 9.78. The van der Waals surface area contributed by atoms with Crippen LogP contribution < -0.4 is 5.32 Å². The van der Waals surface area contributed by atoms with Gasteiger partial charge in [0.25, 0.3) is 5.91 Å². The molecule has 0 spiro atoms. The van der Waals surface area contributed by atoms with E-state index in [0.29, 0.717) is 17.4 Å². The van der Waals surface area contributed by atoms with E-state index in [1.807, 2.05) is 28.8 Å². The van der Waals surface area contributed by atoms with Crippen molar-refractivity contribution in [1.29, 1.82) is 0 Å². The third kappa shape index (κ3) is 3.39. The molecule has 1 fully saturated rings. The molecule has 1 saturated carbocycles. The average molecular weight is 422 g/mol. The first-order chi connectivity index (χ1) is 14.5. The Kier molecular flexibility index (Phi) is 4.82. The molecule has 0 radical (unpaired) electrons. The van der Waals surface area contributed by atoms with Crippen LogP contribution in [-0.2, 0) is 0 Å². The van der Waals surface area contributed by atoms with E-state index < -0.39 is 0 Å². The molecule has 154 valence electrons. The van der Waals surface area contributed by atoms with Crippen LogP contribution in [0.5, 0.6) is 0 Å². The second kappa shape index (κ2) is 7.51. The summed E-state index contributed by atoms with van der Waals surface area (Å²) >= 11 is 1.56. The molecular formula is C24H24FN3OS. The highest BCUT2D eigenvalue weighted by Gasteiger charge is 2.28. The first-order valence-electron chi connectivity index (χ1n) is 10.5. The van der Waals surface area contributed by atoms with Crippen molar-refractivity contribution in [2.24, 2.45) is 11.8 Å². The van der Waals surface area contributed by atoms with Crippen molar-refractivity contribution in [2.75, 3.05) is 0 Å². The number of aromatic nitrogens is 2. The van der Waals surface area contributed by atoms with Crippen molar-refractivity contribution in [3.8, 4) is 11.3 Å². The Morgan fingerprint density at radius 3 is 2.77 bits per heavy atom. The number of amides is 1. The fourth-order valence-corrected chi connectivity index (χ4v) is 5.49. The Hall–Kier alpha value is -2.73. The minimum Gasteiger partial charge on any atom is -0.349 e. The number of carbonyl (C=O) groups is 1. The highest BCUT2D eigenvalue weighted by molar-refractivity contribution is 7.23. The van der Waals surface area contributed by atoms with Crippen LogP contribution in [0.4, 0.5) is 4.39 Å². The van der Waals surface area contributed by atoms with Crippen LogP contribution >= 0.6 is 11.3 Å². The normalized spacial score (nSPS) is 21.9. The molecular weight excluding hydrogens is 397 g/mol. The lowest BCUT2D eigenvalue weighted by Gasteiger charge is -2.34. The number of carbonyl (C=O) groups excluding carboxylic acids is 1. The fraction of sp³-hybridized carbons (Fsp3) is 0.333. The van der Waals surface area contributed by atoms with Crippen molar-refractivity contribution < 1.29 is 9.18 Å². The van der Waals surface area contributed by atoms with Crippen LogP contribution in [0.15, 0.2) is 48.7 Å². The largest absolute Gasteiger partial charge is 0.349 e. The van der Waals surface area contributed by atoms with Gasteiger partial charge in [-0.2, -0.15) is 0 Å². The summed E-state index contributed by atoms with van der Waals surface area (Å²) < 4.78 is 16.3. The second-order valence-corrected chi connectivity index (χ2v) is 9.43. The topological polar surface area (TPSA) is 46.4 Å². The van der Waals surface area contributed by atoms with Gasteiger partial charge in [-0.1, -0.05) is 38.0 Å². The summed E-state index contributed by atoms with van der Waals surface area (Å²) in [5.74, 6) is 0.891. The zero-order valence-electron chi connectivity index (χ0n) is 17.1. The van der Waals surface area contributed by atoms with Gasteiger partial charge in [-0.25, -0.2) is 9.37 Å². The average Bonchev–Trinajstić information content (AvgIpc) is 3.29. The van der Waals surface area contributed by atoms with Gasteiger partial charge in [-0.3, -0.25) is 9.20 Å².